The molecule has 0 unspecified atom stereocenters. The second-order valence-corrected chi connectivity index (χ2v) is 7.24. The van der Waals surface area contributed by atoms with E-state index >= 15 is 0 Å². The number of morpholine rings is 1. The number of ether oxygens (including phenoxy) is 1. The number of nitrogens with zero attached hydrogens (tertiary/aromatic N) is 2. The summed E-state index contributed by atoms with van der Waals surface area (Å²) in [5.74, 6) is 0. The van der Waals surface area contributed by atoms with Crippen molar-refractivity contribution in [3.05, 3.63) is 57.1 Å². The topological polar surface area (TPSA) is 108 Å². The highest BCUT2D eigenvalue weighted by molar-refractivity contribution is 5.67. The molecule has 0 radical (unpaired) electrons. The summed E-state index contributed by atoms with van der Waals surface area (Å²) in [6.07, 6.45) is 0.714. The molecule has 1 heterocycles. The first-order chi connectivity index (χ1) is 12.8. The smallest absolute Gasteiger partial charge is 0.292 e. The van der Waals surface area contributed by atoms with Gasteiger partial charge in [-0.1, -0.05) is 6.07 Å². The molecule has 3 rings (SSSR count). The fourth-order valence-corrected chi connectivity index (χ4v) is 3.58. The predicted octanol–water partition coefficient (Wildman–Crippen LogP) is 3.21. The Morgan fingerprint density at radius 1 is 1.22 bits per heavy atom. The SMILES string of the molecule is Cc1ccc(N)c(C[C@@H]2CN(c3ccc([N+](=O)[O-])c(N)c3)[C@@H](C)CO2)c1C. The first-order valence-corrected chi connectivity index (χ1v) is 9.04. The minimum absolute atomic E-state index is 0.0135. The largest absolute Gasteiger partial charge is 0.398 e. The van der Waals surface area contributed by atoms with Crippen molar-refractivity contribution in [2.75, 3.05) is 29.5 Å². The maximum Gasteiger partial charge on any atom is 0.292 e. The Balaban J connectivity index is 1.82. The molecule has 0 spiro atoms. The zero-order valence-corrected chi connectivity index (χ0v) is 15.9. The Morgan fingerprint density at radius 2 is 1.96 bits per heavy atom. The van der Waals surface area contributed by atoms with E-state index in [1.165, 1.54) is 17.2 Å². The van der Waals surface area contributed by atoms with E-state index in [0.29, 0.717) is 13.2 Å². The number of anilines is 3. The highest BCUT2D eigenvalue weighted by atomic mass is 16.6. The van der Waals surface area contributed by atoms with E-state index < -0.39 is 4.92 Å². The van der Waals surface area contributed by atoms with Gasteiger partial charge < -0.3 is 21.1 Å². The Labute approximate surface area is 159 Å². The molecule has 7 heteroatoms. The maximum atomic E-state index is 11.0. The third kappa shape index (κ3) is 3.83. The number of hydrogen-bond acceptors (Lipinski definition) is 6. The Hall–Kier alpha value is -2.80. The molecule has 2 atom stereocenters. The molecule has 2 aromatic rings. The molecule has 0 bridgehead atoms. The fraction of sp³-hybridized carbons (Fsp3) is 0.400. The van der Waals surface area contributed by atoms with Crippen LogP contribution in [0.2, 0.25) is 0 Å². The summed E-state index contributed by atoms with van der Waals surface area (Å²) in [6, 6.07) is 9.01. The van der Waals surface area contributed by atoms with Crippen LogP contribution < -0.4 is 16.4 Å². The number of rotatable bonds is 4. The third-order valence-electron chi connectivity index (χ3n) is 5.38. The summed E-state index contributed by atoms with van der Waals surface area (Å²) in [4.78, 5) is 12.7. The van der Waals surface area contributed by atoms with Crippen LogP contribution >= 0.6 is 0 Å². The molecule has 1 aliphatic rings. The lowest BCUT2D eigenvalue weighted by atomic mass is 9.95. The number of nitrogens with two attached hydrogens (primary N) is 2. The van der Waals surface area contributed by atoms with Gasteiger partial charge in [-0.3, -0.25) is 10.1 Å². The lowest BCUT2D eigenvalue weighted by Gasteiger charge is -2.40. The normalized spacial score (nSPS) is 19.9. The summed E-state index contributed by atoms with van der Waals surface area (Å²) in [6.45, 7) is 7.48. The summed E-state index contributed by atoms with van der Waals surface area (Å²) in [5.41, 5.74) is 17.4. The van der Waals surface area contributed by atoms with Crippen LogP contribution in [0.1, 0.15) is 23.6 Å². The van der Waals surface area contributed by atoms with Crippen LogP contribution in [0, 0.1) is 24.0 Å². The van der Waals surface area contributed by atoms with Gasteiger partial charge in [0.25, 0.3) is 5.69 Å². The van der Waals surface area contributed by atoms with Gasteiger partial charge in [0, 0.05) is 36.4 Å². The molecule has 1 aliphatic heterocycles. The molecular weight excluding hydrogens is 344 g/mol. The second kappa shape index (κ2) is 7.44. The number of hydrogen-bond donors (Lipinski definition) is 2. The van der Waals surface area contributed by atoms with Crippen LogP contribution in [0.25, 0.3) is 0 Å². The van der Waals surface area contributed by atoms with Crippen LogP contribution in [0.15, 0.2) is 30.3 Å². The summed E-state index contributed by atoms with van der Waals surface area (Å²) in [7, 11) is 0. The van der Waals surface area contributed by atoms with Gasteiger partial charge in [-0.25, -0.2) is 0 Å². The standard InChI is InChI=1S/C20H26N4O3/c1-12-4-6-18(21)17(14(12)3)9-16-10-23(13(2)11-27-16)15-5-7-20(24(25)26)19(22)8-15/h4-8,13,16H,9-11,21-22H2,1-3H3/t13-,16+/m0/s1. The minimum atomic E-state index is -0.464. The van der Waals surface area contributed by atoms with Crippen molar-refractivity contribution in [2.24, 2.45) is 0 Å². The van der Waals surface area contributed by atoms with Crippen molar-refractivity contribution in [3.8, 4) is 0 Å². The zero-order chi connectivity index (χ0) is 19.7. The lowest BCUT2D eigenvalue weighted by molar-refractivity contribution is -0.383. The van der Waals surface area contributed by atoms with Crippen molar-refractivity contribution in [2.45, 2.75) is 39.3 Å². The Bertz CT molecular complexity index is 869. The molecule has 4 N–H and O–H groups in total. The Kier molecular flexibility index (Phi) is 5.23. The molecule has 27 heavy (non-hydrogen) atoms. The number of aryl methyl sites for hydroxylation is 1. The van der Waals surface area contributed by atoms with E-state index in [0.717, 1.165) is 23.4 Å². The van der Waals surface area contributed by atoms with Gasteiger partial charge in [0.1, 0.15) is 5.69 Å². The highest BCUT2D eigenvalue weighted by Crippen LogP contribution is 2.31. The molecule has 7 nitrogen and oxygen atoms in total. The third-order valence-corrected chi connectivity index (χ3v) is 5.38. The first kappa shape index (κ1) is 19.0. The van der Waals surface area contributed by atoms with E-state index in [1.54, 1.807) is 12.1 Å². The molecule has 1 fully saturated rings. The van der Waals surface area contributed by atoms with Gasteiger partial charge in [-0.2, -0.15) is 0 Å². The number of nitro groups is 1. The average Bonchev–Trinajstić information content (AvgIpc) is 2.63. The van der Waals surface area contributed by atoms with E-state index in [2.05, 4.69) is 25.7 Å². The van der Waals surface area contributed by atoms with Crippen molar-refractivity contribution < 1.29 is 9.66 Å². The zero-order valence-electron chi connectivity index (χ0n) is 15.9. The molecule has 0 aromatic heterocycles. The lowest BCUT2D eigenvalue weighted by Crippen LogP contribution is -2.49. The second-order valence-electron chi connectivity index (χ2n) is 7.24. The fourth-order valence-electron chi connectivity index (χ4n) is 3.58. The van der Waals surface area contributed by atoms with E-state index in [-0.39, 0.29) is 23.5 Å². The van der Waals surface area contributed by atoms with E-state index in [4.69, 9.17) is 16.2 Å². The van der Waals surface area contributed by atoms with Crippen molar-refractivity contribution in [3.63, 3.8) is 0 Å². The molecule has 1 saturated heterocycles. The molecule has 144 valence electrons. The van der Waals surface area contributed by atoms with Crippen LogP contribution in [0.3, 0.4) is 0 Å². The predicted molar refractivity (Wildman–Crippen MR) is 108 cm³/mol. The average molecular weight is 370 g/mol. The Morgan fingerprint density at radius 3 is 2.63 bits per heavy atom. The first-order valence-electron chi connectivity index (χ1n) is 9.04. The maximum absolute atomic E-state index is 11.0. The van der Waals surface area contributed by atoms with Gasteiger partial charge in [-0.05, 0) is 55.7 Å². The van der Waals surface area contributed by atoms with Crippen molar-refractivity contribution in [1.82, 2.24) is 0 Å². The quantitative estimate of drug-likeness (QED) is 0.486. The van der Waals surface area contributed by atoms with Gasteiger partial charge in [-0.15, -0.1) is 0 Å². The van der Waals surface area contributed by atoms with Crippen LogP contribution in [0.4, 0.5) is 22.7 Å². The van der Waals surface area contributed by atoms with Gasteiger partial charge in [0.05, 0.1) is 17.6 Å². The van der Waals surface area contributed by atoms with Crippen LogP contribution in [-0.4, -0.2) is 30.2 Å². The highest BCUT2D eigenvalue weighted by Gasteiger charge is 2.28. The van der Waals surface area contributed by atoms with E-state index in [9.17, 15) is 10.1 Å². The molecule has 0 amide bonds. The van der Waals surface area contributed by atoms with Crippen molar-refractivity contribution >= 4 is 22.7 Å². The van der Waals surface area contributed by atoms with Crippen molar-refractivity contribution in [1.29, 1.82) is 0 Å². The summed E-state index contributed by atoms with van der Waals surface area (Å²) < 4.78 is 6.05. The molecular formula is C20H26N4O3. The number of nitro benzene ring substituents is 1. The van der Waals surface area contributed by atoms with Gasteiger partial charge in [0.2, 0.25) is 0 Å². The van der Waals surface area contributed by atoms with Gasteiger partial charge >= 0.3 is 0 Å². The molecule has 0 saturated carbocycles. The van der Waals surface area contributed by atoms with Gasteiger partial charge in [0.15, 0.2) is 0 Å². The number of benzene rings is 2. The summed E-state index contributed by atoms with van der Waals surface area (Å²) >= 11 is 0. The van der Waals surface area contributed by atoms with E-state index in [1.807, 2.05) is 12.1 Å². The van der Waals surface area contributed by atoms with Crippen LogP contribution in [-0.2, 0) is 11.2 Å². The van der Waals surface area contributed by atoms with Crippen LogP contribution in [0.5, 0.6) is 0 Å². The molecule has 2 aromatic carbocycles. The summed E-state index contributed by atoms with van der Waals surface area (Å²) in [5, 5.41) is 11.0. The number of nitrogen functional groups attached to an aromatic ring is 2. The molecule has 0 aliphatic carbocycles. The minimum Gasteiger partial charge on any atom is -0.398 e. The monoisotopic (exact) mass is 370 g/mol.